The van der Waals surface area contributed by atoms with Gasteiger partial charge in [0.25, 0.3) is 5.56 Å². The van der Waals surface area contributed by atoms with E-state index in [1.54, 1.807) is 25.4 Å². The molecule has 112 valence electrons. The number of ether oxygens (including phenoxy) is 1. The molecule has 1 N–H and O–H groups in total. The summed E-state index contributed by atoms with van der Waals surface area (Å²) in [5.74, 6) is 0.369. The van der Waals surface area contributed by atoms with Gasteiger partial charge in [-0.1, -0.05) is 0 Å². The van der Waals surface area contributed by atoms with Gasteiger partial charge in [-0.25, -0.2) is 9.66 Å². The Kier molecular flexibility index (Phi) is 4.42. The molecule has 2 rings (SSSR count). The summed E-state index contributed by atoms with van der Waals surface area (Å²) in [6.45, 7) is 2.20. The monoisotopic (exact) mass is 290 g/mol. The number of methoxy groups -OCH3 is 1. The van der Waals surface area contributed by atoms with Crippen LogP contribution in [0.2, 0.25) is 0 Å². The number of carbonyl (C=O) groups is 1. The van der Waals surface area contributed by atoms with Gasteiger partial charge in [0, 0.05) is 31.2 Å². The largest absolute Gasteiger partial charge is 0.469 e. The zero-order valence-corrected chi connectivity index (χ0v) is 12.3. The first-order chi connectivity index (χ1) is 10.0. The lowest BCUT2D eigenvalue weighted by atomic mass is 10.1. The first kappa shape index (κ1) is 14.8. The fourth-order valence-electron chi connectivity index (χ4n) is 1.95. The predicted octanol–water partition coefficient (Wildman–Crippen LogP) is 0.349. The normalized spacial score (nSPS) is 10.4. The number of hydrogen-bond donors (Lipinski definition) is 1. The molecular weight excluding hydrogens is 272 g/mol. The lowest BCUT2D eigenvalue weighted by molar-refractivity contribution is -0.139. The van der Waals surface area contributed by atoms with Crippen molar-refractivity contribution in [1.82, 2.24) is 14.2 Å². The van der Waals surface area contributed by atoms with Gasteiger partial charge in [-0.2, -0.15) is 0 Å². The second-order valence-corrected chi connectivity index (χ2v) is 4.69. The summed E-state index contributed by atoms with van der Waals surface area (Å²) in [4.78, 5) is 27.9. The molecule has 0 saturated heterocycles. The van der Waals surface area contributed by atoms with Gasteiger partial charge in [0.2, 0.25) is 0 Å². The Morgan fingerprint density at radius 2 is 2.19 bits per heavy atom. The van der Waals surface area contributed by atoms with Gasteiger partial charge in [0.1, 0.15) is 5.82 Å². The van der Waals surface area contributed by atoms with Gasteiger partial charge in [-0.15, -0.1) is 0 Å². The van der Waals surface area contributed by atoms with Crippen molar-refractivity contribution in [2.75, 3.05) is 12.5 Å². The maximum atomic E-state index is 12.4. The molecule has 0 aliphatic carbocycles. The molecule has 2 aromatic rings. The highest BCUT2D eigenvalue weighted by Gasteiger charge is 2.12. The van der Waals surface area contributed by atoms with Crippen LogP contribution in [0.15, 0.2) is 29.5 Å². The van der Waals surface area contributed by atoms with Crippen molar-refractivity contribution in [1.29, 1.82) is 0 Å². The van der Waals surface area contributed by atoms with Crippen molar-refractivity contribution in [3.05, 3.63) is 52.0 Å². The molecule has 2 heterocycles. The van der Waals surface area contributed by atoms with E-state index in [2.05, 4.69) is 15.1 Å². The average Bonchev–Trinajstić information content (AvgIpc) is 2.87. The molecule has 0 atom stereocenters. The Hall–Kier alpha value is -2.57. The molecule has 0 bridgehead atoms. The lowest BCUT2D eigenvalue weighted by Crippen LogP contribution is -2.32. The number of esters is 1. The Morgan fingerprint density at radius 3 is 2.81 bits per heavy atom. The van der Waals surface area contributed by atoms with Crippen LogP contribution in [0.4, 0.5) is 0 Å². The smallest absolute Gasteiger partial charge is 0.310 e. The average molecular weight is 290 g/mol. The van der Waals surface area contributed by atoms with Crippen LogP contribution in [-0.4, -0.2) is 27.3 Å². The Bertz CT molecular complexity index is 702. The highest BCUT2D eigenvalue weighted by atomic mass is 16.5. The molecule has 0 amide bonds. The van der Waals surface area contributed by atoms with Gasteiger partial charge >= 0.3 is 5.97 Å². The van der Waals surface area contributed by atoms with E-state index in [0.717, 1.165) is 11.4 Å². The molecule has 0 fully saturated rings. The van der Waals surface area contributed by atoms with E-state index >= 15 is 0 Å². The molecule has 0 spiro atoms. The molecule has 7 nitrogen and oxygen atoms in total. The van der Waals surface area contributed by atoms with Crippen LogP contribution in [0.3, 0.4) is 0 Å². The topological polar surface area (TPSA) is 78.2 Å². The number of pyridine rings is 1. The molecular formula is C14H18N4O3. The summed E-state index contributed by atoms with van der Waals surface area (Å²) in [5, 5.41) is 0. The van der Waals surface area contributed by atoms with Crippen LogP contribution in [0.1, 0.15) is 17.0 Å². The SMILES string of the molecule is COC(=O)Cc1c(C)ccn(NCc2nccn2C)c1=O. The minimum atomic E-state index is -0.433. The zero-order chi connectivity index (χ0) is 15.4. The number of nitrogens with one attached hydrogen (secondary N) is 1. The van der Waals surface area contributed by atoms with Crippen molar-refractivity contribution in [2.24, 2.45) is 7.05 Å². The summed E-state index contributed by atoms with van der Waals surface area (Å²) >= 11 is 0. The number of carbonyl (C=O) groups excluding carboxylic acids is 1. The van der Waals surface area contributed by atoms with Crippen LogP contribution < -0.4 is 11.0 Å². The third kappa shape index (κ3) is 3.31. The molecule has 0 aliphatic rings. The van der Waals surface area contributed by atoms with Crippen LogP contribution >= 0.6 is 0 Å². The highest BCUT2D eigenvalue weighted by Crippen LogP contribution is 2.03. The fourth-order valence-corrected chi connectivity index (χ4v) is 1.95. The third-order valence-corrected chi connectivity index (χ3v) is 3.30. The van der Waals surface area contributed by atoms with Crippen molar-refractivity contribution in [3.8, 4) is 0 Å². The zero-order valence-electron chi connectivity index (χ0n) is 12.3. The number of aromatic nitrogens is 3. The maximum absolute atomic E-state index is 12.4. The van der Waals surface area contributed by atoms with E-state index in [4.69, 9.17) is 0 Å². The van der Waals surface area contributed by atoms with E-state index in [1.165, 1.54) is 11.8 Å². The molecule has 2 aromatic heterocycles. The summed E-state index contributed by atoms with van der Waals surface area (Å²) in [7, 11) is 3.18. The summed E-state index contributed by atoms with van der Waals surface area (Å²) in [6, 6.07) is 1.78. The van der Waals surface area contributed by atoms with Crippen LogP contribution in [-0.2, 0) is 29.5 Å². The van der Waals surface area contributed by atoms with E-state index in [9.17, 15) is 9.59 Å². The number of nitrogens with zero attached hydrogens (tertiary/aromatic N) is 3. The second kappa shape index (κ2) is 6.25. The minimum absolute atomic E-state index is 0.0356. The summed E-state index contributed by atoms with van der Waals surface area (Å²) in [5.41, 5.74) is 3.92. The van der Waals surface area contributed by atoms with Crippen LogP contribution in [0.5, 0.6) is 0 Å². The minimum Gasteiger partial charge on any atom is -0.469 e. The molecule has 7 heteroatoms. The second-order valence-electron chi connectivity index (χ2n) is 4.69. The van der Waals surface area contributed by atoms with Crippen molar-refractivity contribution >= 4 is 5.97 Å². The molecule has 0 saturated carbocycles. The number of rotatable bonds is 5. The van der Waals surface area contributed by atoms with Gasteiger partial charge in [0.05, 0.1) is 20.1 Å². The number of aryl methyl sites for hydroxylation is 2. The van der Waals surface area contributed by atoms with E-state index in [-0.39, 0.29) is 12.0 Å². The van der Waals surface area contributed by atoms with Crippen molar-refractivity contribution in [3.63, 3.8) is 0 Å². The van der Waals surface area contributed by atoms with E-state index in [0.29, 0.717) is 12.1 Å². The van der Waals surface area contributed by atoms with Gasteiger partial charge < -0.3 is 14.7 Å². The van der Waals surface area contributed by atoms with Crippen molar-refractivity contribution in [2.45, 2.75) is 19.9 Å². The van der Waals surface area contributed by atoms with E-state index in [1.807, 2.05) is 17.8 Å². The van der Waals surface area contributed by atoms with Crippen LogP contribution in [0.25, 0.3) is 0 Å². The number of imidazole rings is 1. The standard InChI is InChI=1S/C14H18N4O3/c1-10-4-6-18(14(20)11(10)8-13(19)21-3)16-9-12-15-5-7-17(12)2/h4-7,16H,8-9H2,1-3H3. The molecule has 0 unspecified atom stereocenters. The third-order valence-electron chi connectivity index (χ3n) is 3.30. The van der Waals surface area contributed by atoms with Crippen molar-refractivity contribution < 1.29 is 9.53 Å². The Labute approximate surface area is 122 Å². The summed E-state index contributed by atoms with van der Waals surface area (Å²) < 4.78 is 7.84. The van der Waals surface area contributed by atoms with Gasteiger partial charge in [-0.05, 0) is 18.6 Å². The molecule has 0 aliphatic heterocycles. The first-order valence-corrected chi connectivity index (χ1v) is 6.51. The molecule has 0 radical (unpaired) electrons. The van der Waals surface area contributed by atoms with Gasteiger partial charge in [-0.3, -0.25) is 9.59 Å². The van der Waals surface area contributed by atoms with Crippen LogP contribution in [0, 0.1) is 6.92 Å². The van der Waals surface area contributed by atoms with E-state index < -0.39 is 5.97 Å². The lowest BCUT2D eigenvalue weighted by Gasteiger charge is -2.12. The summed E-state index contributed by atoms with van der Waals surface area (Å²) in [6.07, 6.45) is 5.13. The predicted molar refractivity (Wildman–Crippen MR) is 77.4 cm³/mol. The number of hydrogen-bond acceptors (Lipinski definition) is 5. The Morgan fingerprint density at radius 1 is 1.43 bits per heavy atom. The quantitative estimate of drug-likeness (QED) is 0.804. The fraction of sp³-hybridized carbons (Fsp3) is 0.357. The molecule has 21 heavy (non-hydrogen) atoms. The molecule has 0 aromatic carbocycles. The Balaban J connectivity index is 2.21. The first-order valence-electron chi connectivity index (χ1n) is 6.51. The highest BCUT2D eigenvalue weighted by molar-refractivity contribution is 5.72. The van der Waals surface area contributed by atoms with Gasteiger partial charge in [0.15, 0.2) is 0 Å². The maximum Gasteiger partial charge on any atom is 0.310 e.